The summed E-state index contributed by atoms with van der Waals surface area (Å²) in [4.78, 5) is 0. The molecule has 0 aromatic heterocycles. The Bertz CT molecular complexity index is 489. The molecule has 0 aliphatic heterocycles. The SMILES string of the molecule is CCCCCCCC[NH3+].CCCCCCCC[NH3+].CCCCc1cc(CCCC)cc(B([O-])[O-])c1. The molecule has 0 saturated carbocycles. The summed E-state index contributed by atoms with van der Waals surface area (Å²) < 4.78 is 0. The normalized spacial score (nSPS) is 10.3. The van der Waals surface area contributed by atoms with E-state index in [1.165, 1.54) is 77.0 Å². The van der Waals surface area contributed by atoms with E-state index in [2.05, 4.69) is 45.2 Å². The molecule has 6 N–H and O–H groups in total. The van der Waals surface area contributed by atoms with Gasteiger partial charge in [-0.15, -0.1) is 5.46 Å². The summed E-state index contributed by atoms with van der Waals surface area (Å²) in [5, 5.41) is 22.1. The van der Waals surface area contributed by atoms with Crippen molar-refractivity contribution < 1.29 is 21.5 Å². The zero-order valence-electron chi connectivity index (χ0n) is 24.2. The molecular formula is C30H61BN2O2. The van der Waals surface area contributed by atoms with E-state index < -0.39 is 7.12 Å². The Kier molecular flexibility index (Phi) is 30.4. The average molecular weight is 493 g/mol. The number of aryl methyl sites for hydroxylation is 2. The lowest BCUT2D eigenvalue weighted by atomic mass is 9.78. The molecule has 0 saturated heterocycles. The molecule has 0 heterocycles. The van der Waals surface area contributed by atoms with Gasteiger partial charge in [0.25, 0.3) is 0 Å². The Morgan fingerprint density at radius 3 is 1.17 bits per heavy atom. The highest BCUT2D eigenvalue weighted by atomic mass is 16.4. The van der Waals surface area contributed by atoms with Gasteiger partial charge in [0.15, 0.2) is 0 Å². The molecule has 206 valence electrons. The lowest BCUT2D eigenvalue weighted by molar-refractivity contribution is -0.368. The average Bonchev–Trinajstić information content (AvgIpc) is 2.87. The first kappa shape index (κ1) is 36.3. The van der Waals surface area contributed by atoms with Crippen LogP contribution in [0.2, 0.25) is 0 Å². The predicted molar refractivity (Wildman–Crippen MR) is 151 cm³/mol. The van der Waals surface area contributed by atoms with Crippen LogP contribution < -0.4 is 27.0 Å². The van der Waals surface area contributed by atoms with Crippen LogP contribution in [-0.2, 0) is 12.8 Å². The third kappa shape index (κ3) is 26.0. The minimum atomic E-state index is -1.85. The van der Waals surface area contributed by atoms with Gasteiger partial charge in [0, 0.05) is 0 Å². The third-order valence-electron chi connectivity index (χ3n) is 6.19. The number of hydrogen-bond donors (Lipinski definition) is 2. The van der Waals surface area contributed by atoms with Crippen LogP contribution in [-0.4, -0.2) is 20.2 Å². The molecule has 0 aliphatic carbocycles. The van der Waals surface area contributed by atoms with Crippen molar-refractivity contribution in [1.82, 2.24) is 0 Å². The summed E-state index contributed by atoms with van der Waals surface area (Å²) in [6, 6.07) is 5.72. The summed E-state index contributed by atoms with van der Waals surface area (Å²) in [6.07, 6.45) is 23.1. The largest absolute Gasteiger partial charge is 0.889 e. The molecule has 1 aromatic rings. The molecule has 0 atom stereocenters. The molecule has 4 nitrogen and oxygen atoms in total. The van der Waals surface area contributed by atoms with E-state index in [-0.39, 0.29) is 0 Å². The Hall–Kier alpha value is -0.875. The van der Waals surface area contributed by atoms with Gasteiger partial charge in [-0.2, -0.15) is 0 Å². The van der Waals surface area contributed by atoms with Crippen molar-refractivity contribution in [2.45, 2.75) is 143 Å². The summed E-state index contributed by atoms with van der Waals surface area (Å²) in [7, 11) is -1.85. The van der Waals surface area contributed by atoms with Crippen LogP contribution in [0.3, 0.4) is 0 Å². The zero-order chi connectivity index (χ0) is 26.6. The molecule has 35 heavy (non-hydrogen) atoms. The van der Waals surface area contributed by atoms with Gasteiger partial charge >= 0.3 is 0 Å². The van der Waals surface area contributed by atoms with E-state index in [1.54, 1.807) is 12.1 Å². The van der Waals surface area contributed by atoms with Crippen LogP contribution in [0, 0.1) is 0 Å². The molecule has 1 rings (SSSR count). The lowest BCUT2D eigenvalue weighted by Crippen LogP contribution is -2.55. The predicted octanol–water partition coefficient (Wildman–Crippen LogP) is 3.97. The molecule has 0 radical (unpaired) electrons. The summed E-state index contributed by atoms with van der Waals surface area (Å²) in [5.41, 5.74) is 10.3. The standard InChI is InChI=1S/C14H21BO2.2C8H19N/c1-3-5-7-12-9-13(8-6-4-2)11-14(10-12)15(16)17;2*1-2-3-4-5-6-7-8-9/h9-11H,3-8H2,1-2H3;2*2-9H2,1H3/q-2;;/p+2. The maximum atomic E-state index is 11.0. The van der Waals surface area contributed by atoms with Crippen molar-refractivity contribution in [2.75, 3.05) is 13.1 Å². The second kappa shape index (κ2) is 29.4. The molecule has 0 fully saturated rings. The van der Waals surface area contributed by atoms with Crippen LogP contribution >= 0.6 is 0 Å². The molecule has 5 heteroatoms. The monoisotopic (exact) mass is 492 g/mol. The van der Waals surface area contributed by atoms with Gasteiger partial charge < -0.3 is 21.5 Å². The fourth-order valence-corrected chi connectivity index (χ4v) is 3.89. The molecule has 1 aromatic carbocycles. The molecule has 0 aliphatic rings. The maximum absolute atomic E-state index is 11.0. The van der Waals surface area contributed by atoms with Crippen molar-refractivity contribution in [2.24, 2.45) is 0 Å². The minimum absolute atomic E-state index is 0.407. The smallest absolute Gasteiger partial charge is 0.0739 e. The van der Waals surface area contributed by atoms with E-state index in [0.29, 0.717) is 5.46 Å². The first-order valence-corrected chi connectivity index (χ1v) is 15.0. The van der Waals surface area contributed by atoms with E-state index in [0.717, 1.165) is 62.7 Å². The quantitative estimate of drug-likeness (QED) is 0.226. The first-order chi connectivity index (χ1) is 17.0. The maximum Gasteiger partial charge on any atom is 0.0739 e. The van der Waals surface area contributed by atoms with Gasteiger partial charge in [0.05, 0.1) is 13.1 Å². The number of benzene rings is 1. The number of hydrogen-bond acceptors (Lipinski definition) is 2. The summed E-state index contributed by atoms with van der Waals surface area (Å²) >= 11 is 0. The third-order valence-corrected chi connectivity index (χ3v) is 6.19. The van der Waals surface area contributed by atoms with Crippen LogP contribution in [0.4, 0.5) is 0 Å². The second-order valence-corrected chi connectivity index (χ2v) is 9.86. The van der Waals surface area contributed by atoms with Crippen molar-refractivity contribution >= 4 is 12.6 Å². The summed E-state index contributed by atoms with van der Waals surface area (Å²) in [5.74, 6) is 0. The minimum Gasteiger partial charge on any atom is -0.889 e. The molecule has 0 bridgehead atoms. The van der Waals surface area contributed by atoms with Crippen LogP contribution in [0.15, 0.2) is 18.2 Å². The van der Waals surface area contributed by atoms with Gasteiger partial charge in [-0.25, -0.2) is 0 Å². The van der Waals surface area contributed by atoms with Gasteiger partial charge in [0.1, 0.15) is 0 Å². The fourth-order valence-electron chi connectivity index (χ4n) is 3.89. The van der Waals surface area contributed by atoms with Gasteiger partial charge in [-0.3, -0.25) is 0 Å². The van der Waals surface area contributed by atoms with E-state index >= 15 is 0 Å². The van der Waals surface area contributed by atoms with Crippen molar-refractivity contribution in [3.63, 3.8) is 0 Å². The van der Waals surface area contributed by atoms with Crippen molar-refractivity contribution in [1.29, 1.82) is 0 Å². The highest BCUT2D eigenvalue weighted by Gasteiger charge is 2.00. The van der Waals surface area contributed by atoms with Gasteiger partial charge in [-0.05, 0) is 62.5 Å². The molecule has 0 amide bonds. The Morgan fingerprint density at radius 1 is 0.514 bits per heavy atom. The van der Waals surface area contributed by atoms with Gasteiger partial charge in [0.2, 0.25) is 0 Å². The van der Waals surface area contributed by atoms with Crippen molar-refractivity contribution in [3.05, 3.63) is 29.3 Å². The number of unbranched alkanes of at least 4 members (excludes halogenated alkanes) is 12. The van der Waals surface area contributed by atoms with Crippen LogP contribution in [0.25, 0.3) is 0 Å². The topological polar surface area (TPSA) is 101 Å². The van der Waals surface area contributed by atoms with Crippen LogP contribution in [0.1, 0.15) is 142 Å². The van der Waals surface area contributed by atoms with Gasteiger partial charge in [-0.1, -0.05) is 117 Å². The number of quaternary nitrogens is 2. The zero-order valence-corrected chi connectivity index (χ0v) is 24.2. The van der Waals surface area contributed by atoms with Crippen LogP contribution in [0.5, 0.6) is 0 Å². The lowest BCUT2D eigenvalue weighted by Gasteiger charge is -2.28. The van der Waals surface area contributed by atoms with E-state index in [1.807, 2.05) is 0 Å². The second-order valence-electron chi connectivity index (χ2n) is 9.86. The molecular weight excluding hydrogens is 431 g/mol. The fraction of sp³-hybridized carbons (Fsp3) is 0.800. The Morgan fingerprint density at radius 2 is 0.857 bits per heavy atom. The molecule has 0 unspecified atom stereocenters. The number of rotatable bonds is 19. The molecule has 0 spiro atoms. The summed E-state index contributed by atoms with van der Waals surface area (Å²) in [6.45, 7) is 11.0. The Labute approximate surface area is 219 Å². The highest BCUT2D eigenvalue weighted by molar-refractivity contribution is 6.55. The van der Waals surface area contributed by atoms with E-state index in [9.17, 15) is 10.0 Å². The Balaban J connectivity index is 0. The highest BCUT2D eigenvalue weighted by Crippen LogP contribution is 2.10. The van der Waals surface area contributed by atoms with Crippen molar-refractivity contribution in [3.8, 4) is 0 Å². The van der Waals surface area contributed by atoms with E-state index in [4.69, 9.17) is 0 Å². The first-order valence-electron chi connectivity index (χ1n) is 15.0.